The molecule has 0 spiro atoms. The van der Waals surface area contributed by atoms with Crippen LogP contribution in [-0.4, -0.2) is 32.8 Å². The van der Waals surface area contributed by atoms with Crippen molar-refractivity contribution in [3.8, 4) is 17.2 Å². The van der Waals surface area contributed by atoms with E-state index in [2.05, 4.69) is 5.32 Å². The first-order valence-electron chi connectivity index (χ1n) is 7.20. The van der Waals surface area contributed by atoms with Gasteiger partial charge in [0, 0.05) is 12.1 Å². The van der Waals surface area contributed by atoms with Gasteiger partial charge in [0.15, 0.2) is 18.2 Å². The second kappa shape index (κ2) is 8.71. The van der Waals surface area contributed by atoms with Gasteiger partial charge in [0.25, 0.3) is 5.91 Å². The molecule has 0 fully saturated rings. The third-order valence-electron chi connectivity index (χ3n) is 2.99. The number of hydrogen-bond donors (Lipinski definition) is 1. The molecule has 1 N–H and O–H groups in total. The van der Waals surface area contributed by atoms with Gasteiger partial charge in [-0.2, -0.15) is 0 Å². The third-order valence-corrected chi connectivity index (χ3v) is 2.99. The molecule has 0 aromatic heterocycles. The van der Waals surface area contributed by atoms with Crippen molar-refractivity contribution in [3.05, 3.63) is 54.1 Å². The van der Waals surface area contributed by atoms with Gasteiger partial charge in [0.1, 0.15) is 23.9 Å². The van der Waals surface area contributed by atoms with Crippen molar-refractivity contribution in [2.45, 2.75) is 0 Å². The van der Waals surface area contributed by atoms with Crippen LogP contribution < -0.4 is 19.5 Å². The fourth-order valence-electron chi connectivity index (χ4n) is 1.84. The molecule has 0 bridgehead atoms. The summed E-state index contributed by atoms with van der Waals surface area (Å²) in [5, 5.41) is 2.57. The van der Waals surface area contributed by atoms with E-state index in [1.54, 1.807) is 31.4 Å². The van der Waals surface area contributed by atoms with Crippen LogP contribution in [0.25, 0.3) is 0 Å². The van der Waals surface area contributed by atoms with Gasteiger partial charge in [0.2, 0.25) is 0 Å². The minimum Gasteiger partial charge on any atom is -0.497 e. The molecule has 2 rings (SSSR count). The molecule has 0 aliphatic rings. The summed E-state index contributed by atoms with van der Waals surface area (Å²) in [7, 11) is 1.56. The Morgan fingerprint density at radius 3 is 2.62 bits per heavy atom. The Morgan fingerprint density at radius 1 is 1.08 bits per heavy atom. The molecular weight excluding hydrogens is 320 g/mol. The molecule has 0 aliphatic carbocycles. The lowest BCUT2D eigenvalue weighted by Gasteiger charge is -2.10. The quantitative estimate of drug-likeness (QED) is 0.752. The number of ether oxygens (including phenoxy) is 3. The number of benzene rings is 2. The predicted octanol–water partition coefficient (Wildman–Crippen LogP) is 2.55. The second-order valence-electron chi connectivity index (χ2n) is 4.74. The highest BCUT2D eigenvalue weighted by molar-refractivity contribution is 5.77. The van der Waals surface area contributed by atoms with Crippen LogP contribution in [0.5, 0.6) is 17.2 Å². The largest absolute Gasteiger partial charge is 0.497 e. The minimum atomic E-state index is -0.857. The molecule has 1 amide bonds. The van der Waals surface area contributed by atoms with Gasteiger partial charge >= 0.3 is 0 Å². The first-order chi connectivity index (χ1) is 11.6. The van der Waals surface area contributed by atoms with Crippen molar-refractivity contribution >= 4 is 5.91 Å². The number of rotatable bonds is 8. The van der Waals surface area contributed by atoms with E-state index >= 15 is 0 Å². The molecule has 0 saturated heterocycles. The van der Waals surface area contributed by atoms with Gasteiger partial charge in [-0.15, -0.1) is 0 Å². The molecule has 5 nitrogen and oxygen atoms in total. The second-order valence-corrected chi connectivity index (χ2v) is 4.74. The maximum absolute atomic E-state index is 13.3. The van der Waals surface area contributed by atoms with Crippen LogP contribution in [-0.2, 0) is 4.79 Å². The van der Waals surface area contributed by atoms with Gasteiger partial charge in [-0.05, 0) is 24.3 Å². The molecule has 7 heteroatoms. The van der Waals surface area contributed by atoms with Crippen LogP contribution in [0, 0.1) is 11.6 Å². The smallest absolute Gasteiger partial charge is 0.258 e. The number of hydrogen-bond acceptors (Lipinski definition) is 4. The van der Waals surface area contributed by atoms with Crippen LogP contribution in [0.15, 0.2) is 42.5 Å². The monoisotopic (exact) mass is 337 g/mol. The van der Waals surface area contributed by atoms with E-state index in [4.69, 9.17) is 14.2 Å². The number of methoxy groups -OCH3 is 1. The summed E-state index contributed by atoms with van der Waals surface area (Å²) >= 11 is 0. The van der Waals surface area contributed by atoms with E-state index in [-0.39, 0.29) is 25.5 Å². The first kappa shape index (κ1) is 17.5. The molecule has 2 aromatic rings. The number of halogens is 2. The zero-order valence-electron chi connectivity index (χ0n) is 13.1. The lowest BCUT2D eigenvalue weighted by molar-refractivity contribution is -0.123. The summed E-state index contributed by atoms with van der Waals surface area (Å²) in [6.07, 6.45) is 0. The van der Waals surface area contributed by atoms with Crippen LogP contribution in [0.2, 0.25) is 0 Å². The van der Waals surface area contributed by atoms with Crippen molar-refractivity contribution in [3.63, 3.8) is 0 Å². The standard InChI is InChI=1S/C17H17F2NO4/c1-22-13-3-2-4-14(10-13)23-8-7-20-17(21)11-24-16-6-5-12(18)9-15(16)19/h2-6,9-10H,7-8,11H2,1H3,(H,20,21). The molecule has 0 atom stereocenters. The van der Waals surface area contributed by atoms with E-state index < -0.39 is 17.5 Å². The van der Waals surface area contributed by atoms with Gasteiger partial charge in [-0.3, -0.25) is 4.79 Å². The molecule has 2 aromatic carbocycles. The highest BCUT2D eigenvalue weighted by Crippen LogP contribution is 2.18. The molecular formula is C17H17F2NO4. The van der Waals surface area contributed by atoms with Crippen LogP contribution in [0.3, 0.4) is 0 Å². The van der Waals surface area contributed by atoms with E-state index in [0.717, 1.165) is 12.1 Å². The summed E-state index contributed by atoms with van der Waals surface area (Å²) in [6, 6.07) is 9.95. The van der Waals surface area contributed by atoms with E-state index in [9.17, 15) is 13.6 Å². The maximum atomic E-state index is 13.3. The summed E-state index contributed by atoms with van der Waals surface area (Å²) < 4.78 is 41.6. The number of nitrogens with one attached hydrogen (secondary N) is 1. The Hall–Kier alpha value is -2.83. The average molecular weight is 337 g/mol. The SMILES string of the molecule is COc1cccc(OCCNC(=O)COc2ccc(F)cc2F)c1. The highest BCUT2D eigenvalue weighted by Gasteiger charge is 2.07. The average Bonchev–Trinajstić information content (AvgIpc) is 2.58. The molecule has 24 heavy (non-hydrogen) atoms. The fraction of sp³-hybridized carbons (Fsp3) is 0.235. The van der Waals surface area contributed by atoms with Crippen molar-refractivity contribution < 1.29 is 27.8 Å². The molecule has 0 unspecified atom stereocenters. The van der Waals surface area contributed by atoms with Gasteiger partial charge in [0.05, 0.1) is 13.7 Å². The Bertz CT molecular complexity index is 694. The van der Waals surface area contributed by atoms with Gasteiger partial charge in [-0.25, -0.2) is 8.78 Å². The van der Waals surface area contributed by atoms with Crippen molar-refractivity contribution in [1.29, 1.82) is 0 Å². The lowest BCUT2D eigenvalue weighted by atomic mass is 10.3. The Morgan fingerprint density at radius 2 is 1.88 bits per heavy atom. The molecule has 0 heterocycles. The number of carbonyl (C=O) groups excluding carboxylic acids is 1. The number of amides is 1. The molecule has 0 aliphatic heterocycles. The van der Waals surface area contributed by atoms with Crippen LogP contribution >= 0.6 is 0 Å². The Balaban J connectivity index is 1.67. The lowest BCUT2D eigenvalue weighted by Crippen LogP contribution is -2.32. The van der Waals surface area contributed by atoms with Crippen molar-refractivity contribution in [2.75, 3.05) is 26.9 Å². The van der Waals surface area contributed by atoms with Gasteiger partial charge < -0.3 is 19.5 Å². The topological polar surface area (TPSA) is 56.8 Å². The summed E-state index contributed by atoms with van der Waals surface area (Å²) in [6.45, 7) is 0.136. The summed E-state index contributed by atoms with van der Waals surface area (Å²) in [5.41, 5.74) is 0. The van der Waals surface area contributed by atoms with Crippen molar-refractivity contribution in [2.24, 2.45) is 0 Å². The van der Waals surface area contributed by atoms with Crippen LogP contribution in [0.4, 0.5) is 8.78 Å². The van der Waals surface area contributed by atoms with E-state index in [1.807, 2.05) is 0 Å². The van der Waals surface area contributed by atoms with E-state index in [0.29, 0.717) is 17.6 Å². The molecule has 0 radical (unpaired) electrons. The Labute approximate surface area is 138 Å². The fourth-order valence-corrected chi connectivity index (χ4v) is 1.84. The third kappa shape index (κ3) is 5.42. The molecule has 0 saturated carbocycles. The Kier molecular flexibility index (Phi) is 6.36. The zero-order valence-corrected chi connectivity index (χ0v) is 13.1. The van der Waals surface area contributed by atoms with Crippen LogP contribution in [0.1, 0.15) is 0 Å². The minimum absolute atomic E-state index is 0.181. The van der Waals surface area contributed by atoms with Gasteiger partial charge in [-0.1, -0.05) is 6.07 Å². The van der Waals surface area contributed by atoms with Crippen molar-refractivity contribution in [1.82, 2.24) is 5.32 Å². The molecule has 128 valence electrons. The maximum Gasteiger partial charge on any atom is 0.258 e. The predicted molar refractivity (Wildman–Crippen MR) is 83.4 cm³/mol. The summed E-state index contributed by atoms with van der Waals surface area (Å²) in [5.74, 6) is -0.894. The summed E-state index contributed by atoms with van der Waals surface area (Å²) in [4.78, 5) is 11.6. The first-order valence-corrected chi connectivity index (χ1v) is 7.20. The number of carbonyl (C=O) groups is 1. The van der Waals surface area contributed by atoms with E-state index in [1.165, 1.54) is 0 Å². The normalized spacial score (nSPS) is 10.1. The highest BCUT2D eigenvalue weighted by atomic mass is 19.1. The zero-order chi connectivity index (χ0) is 17.4.